The molecule has 0 spiro atoms. The largest absolute Gasteiger partial charge is 0.324 e. The molecule has 1 heterocycles. The van der Waals surface area contributed by atoms with Gasteiger partial charge in [-0.3, -0.25) is 9.59 Å². The number of carbonyl (C=O) groups excluding carboxylic acids is 2. The van der Waals surface area contributed by atoms with Crippen LogP contribution in [0, 0.1) is 12.8 Å². The van der Waals surface area contributed by atoms with Crippen LogP contribution in [-0.2, 0) is 9.59 Å². The molecule has 1 fully saturated rings. The van der Waals surface area contributed by atoms with E-state index in [9.17, 15) is 9.59 Å². The summed E-state index contributed by atoms with van der Waals surface area (Å²) in [4.78, 5) is 27.8. The highest BCUT2D eigenvalue weighted by Gasteiger charge is 2.33. The van der Waals surface area contributed by atoms with Gasteiger partial charge in [0.25, 0.3) is 0 Å². The first kappa shape index (κ1) is 19.7. The molecule has 1 aliphatic carbocycles. The van der Waals surface area contributed by atoms with Crippen LogP contribution in [-0.4, -0.2) is 23.3 Å². The van der Waals surface area contributed by atoms with Crippen molar-refractivity contribution < 1.29 is 9.59 Å². The standard InChI is InChI=1S/C25H30N2O2/c1-18-12-14-22-21(16-18)25(20-10-6-3-7-11-20)27(17-23(28)26-22)24(29)15-13-19-8-4-2-5-9-19/h3,6-7,10-12,14,16,19,25H,2,4-5,8-9,13,15,17H2,1H3,(H,26,28)/t25-/m1/s1. The molecule has 1 atom stereocenters. The number of anilines is 1. The first-order valence-electron chi connectivity index (χ1n) is 10.9. The average molecular weight is 391 g/mol. The van der Waals surface area contributed by atoms with Crippen LogP contribution in [0.15, 0.2) is 48.5 Å². The average Bonchev–Trinajstić information content (AvgIpc) is 2.89. The maximum absolute atomic E-state index is 13.4. The van der Waals surface area contributed by atoms with Crippen molar-refractivity contribution in [3.8, 4) is 0 Å². The van der Waals surface area contributed by atoms with Gasteiger partial charge in [0, 0.05) is 17.7 Å². The Morgan fingerprint density at radius 1 is 1.07 bits per heavy atom. The Hall–Kier alpha value is -2.62. The lowest BCUT2D eigenvalue weighted by Crippen LogP contribution is -2.39. The first-order chi connectivity index (χ1) is 14.1. The summed E-state index contributed by atoms with van der Waals surface area (Å²) in [6, 6.07) is 15.9. The first-order valence-corrected chi connectivity index (χ1v) is 10.9. The highest BCUT2D eigenvalue weighted by Crippen LogP contribution is 2.37. The normalized spacial score (nSPS) is 20.0. The molecule has 1 saturated carbocycles. The van der Waals surface area contributed by atoms with Gasteiger partial charge in [-0.1, -0.05) is 80.1 Å². The van der Waals surface area contributed by atoms with Crippen molar-refractivity contribution in [1.82, 2.24) is 4.90 Å². The van der Waals surface area contributed by atoms with E-state index in [4.69, 9.17) is 0 Å². The molecule has 152 valence electrons. The van der Waals surface area contributed by atoms with E-state index in [0.29, 0.717) is 12.3 Å². The minimum Gasteiger partial charge on any atom is -0.324 e. The van der Waals surface area contributed by atoms with Gasteiger partial charge >= 0.3 is 0 Å². The molecule has 0 bridgehead atoms. The van der Waals surface area contributed by atoms with E-state index >= 15 is 0 Å². The molecule has 0 aromatic heterocycles. The maximum Gasteiger partial charge on any atom is 0.244 e. The molecule has 4 heteroatoms. The number of carbonyl (C=O) groups is 2. The summed E-state index contributed by atoms with van der Waals surface area (Å²) in [6.45, 7) is 2.14. The van der Waals surface area contributed by atoms with Crippen LogP contribution in [0.25, 0.3) is 0 Å². The van der Waals surface area contributed by atoms with E-state index < -0.39 is 0 Å². The lowest BCUT2D eigenvalue weighted by atomic mass is 9.86. The Morgan fingerprint density at radius 2 is 1.83 bits per heavy atom. The smallest absolute Gasteiger partial charge is 0.244 e. The van der Waals surface area contributed by atoms with Gasteiger partial charge in [0.15, 0.2) is 0 Å². The van der Waals surface area contributed by atoms with Crippen LogP contribution in [0.3, 0.4) is 0 Å². The Labute approximate surface area is 173 Å². The van der Waals surface area contributed by atoms with Crippen molar-refractivity contribution in [2.24, 2.45) is 5.92 Å². The monoisotopic (exact) mass is 390 g/mol. The van der Waals surface area contributed by atoms with E-state index in [1.165, 1.54) is 32.1 Å². The number of nitrogens with zero attached hydrogens (tertiary/aromatic N) is 1. The molecule has 0 unspecified atom stereocenters. The van der Waals surface area contributed by atoms with E-state index in [1.54, 1.807) is 4.90 Å². The van der Waals surface area contributed by atoms with Crippen molar-refractivity contribution >= 4 is 17.5 Å². The summed E-state index contributed by atoms with van der Waals surface area (Å²) in [5, 5.41) is 3.01. The fourth-order valence-corrected chi connectivity index (χ4v) is 4.80. The highest BCUT2D eigenvalue weighted by molar-refractivity contribution is 5.97. The van der Waals surface area contributed by atoms with Gasteiger partial charge in [0.05, 0.1) is 6.04 Å². The number of aryl methyl sites for hydroxylation is 1. The third-order valence-corrected chi connectivity index (χ3v) is 6.33. The zero-order chi connectivity index (χ0) is 20.2. The van der Waals surface area contributed by atoms with Crippen molar-refractivity contribution in [3.63, 3.8) is 0 Å². The van der Waals surface area contributed by atoms with Gasteiger partial charge in [-0.05, 0) is 30.9 Å². The molecule has 1 aliphatic heterocycles. The minimum atomic E-state index is -0.246. The van der Waals surface area contributed by atoms with Gasteiger partial charge < -0.3 is 10.2 Å². The molecule has 4 nitrogen and oxygen atoms in total. The van der Waals surface area contributed by atoms with Crippen molar-refractivity contribution in [2.75, 3.05) is 11.9 Å². The molecule has 2 aromatic rings. The lowest BCUT2D eigenvalue weighted by molar-refractivity contribution is -0.136. The van der Waals surface area contributed by atoms with Crippen molar-refractivity contribution in [1.29, 1.82) is 0 Å². The van der Waals surface area contributed by atoms with Crippen molar-refractivity contribution in [2.45, 2.75) is 57.9 Å². The summed E-state index contributed by atoms with van der Waals surface area (Å²) in [5.41, 5.74) is 3.96. The van der Waals surface area contributed by atoms with Gasteiger partial charge in [0.2, 0.25) is 11.8 Å². The van der Waals surface area contributed by atoms with Crippen LogP contribution in [0.5, 0.6) is 0 Å². The third-order valence-electron chi connectivity index (χ3n) is 6.33. The second-order valence-electron chi connectivity index (χ2n) is 8.52. The third kappa shape index (κ3) is 4.52. The number of amides is 2. The SMILES string of the molecule is Cc1ccc2c(c1)[C@@H](c1ccccc1)N(C(=O)CCC1CCCCC1)CC(=O)N2. The zero-order valence-corrected chi connectivity index (χ0v) is 17.2. The van der Waals surface area contributed by atoms with Crippen LogP contribution in [0.4, 0.5) is 5.69 Å². The molecule has 2 aliphatic rings. The van der Waals surface area contributed by atoms with Gasteiger partial charge in [0.1, 0.15) is 6.54 Å². The van der Waals surface area contributed by atoms with Gasteiger partial charge in [-0.25, -0.2) is 0 Å². The Bertz CT molecular complexity index is 872. The van der Waals surface area contributed by atoms with Crippen LogP contribution >= 0.6 is 0 Å². The molecule has 4 rings (SSSR count). The van der Waals surface area contributed by atoms with Crippen molar-refractivity contribution in [3.05, 3.63) is 65.2 Å². The molecule has 29 heavy (non-hydrogen) atoms. The summed E-state index contributed by atoms with van der Waals surface area (Å²) >= 11 is 0. The molecular formula is C25H30N2O2. The van der Waals surface area contributed by atoms with Crippen LogP contribution in [0.2, 0.25) is 0 Å². The fourth-order valence-electron chi connectivity index (χ4n) is 4.80. The number of nitrogens with one attached hydrogen (secondary N) is 1. The quantitative estimate of drug-likeness (QED) is 0.777. The van der Waals surface area contributed by atoms with Crippen LogP contribution in [0.1, 0.15) is 67.7 Å². The molecule has 0 saturated heterocycles. The molecule has 0 radical (unpaired) electrons. The predicted octanol–water partition coefficient (Wildman–Crippen LogP) is 5.23. The Balaban J connectivity index is 1.66. The van der Waals surface area contributed by atoms with E-state index in [1.807, 2.05) is 49.4 Å². The fraction of sp³-hybridized carbons (Fsp3) is 0.440. The molecular weight excluding hydrogens is 360 g/mol. The topological polar surface area (TPSA) is 49.4 Å². The molecule has 2 amide bonds. The second kappa shape index (κ2) is 8.81. The van der Waals surface area contributed by atoms with E-state index in [2.05, 4.69) is 11.4 Å². The zero-order valence-electron chi connectivity index (χ0n) is 17.2. The predicted molar refractivity (Wildman–Crippen MR) is 116 cm³/mol. The summed E-state index contributed by atoms with van der Waals surface area (Å²) in [5.74, 6) is 0.603. The summed E-state index contributed by atoms with van der Waals surface area (Å²) < 4.78 is 0. The van der Waals surface area contributed by atoms with Crippen LogP contribution < -0.4 is 5.32 Å². The number of hydrogen-bond acceptors (Lipinski definition) is 2. The van der Waals surface area contributed by atoms with Gasteiger partial charge in [-0.15, -0.1) is 0 Å². The number of rotatable bonds is 4. The molecule has 1 N–H and O–H groups in total. The van der Waals surface area contributed by atoms with E-state index in [0.717, 1.165) is 28.8 Å². The highest BCUT2D eigenvalue weighted by atomic mass is 16.2. The lowest BCUT2D eigenvalue weighted by Gasteiger charge is -2.31. The van der Waals surface area contributed by atoms with E-state index in [-0.39, 0.29) is 24.4 Å². The molecule has 2 aromatic carbocycles. The number of fused-ring (bicyclic) bond motifs is 1. The second-order valence-corrected chi connectivity index (χ2v) is 8.52. The number of hydrogen-bond donors (Lipinski definition) is 1. The van der Waals surface area contributed by atoms with Gasteiger partial charge in [-0.2, -0.15) is 0 Å². The Kier molecular flexibility index (Phi) is 5.98. The Morgan fingerprint density at radius 3 is 2.59 bits per heavy atom. The summed E-state index contributed by atoms with van der Waals surface area (Å²) in [7, 11) is 0. The minimum absolute atomic E-state index is 0.0777. The summed E-state index contributed by atoms with van der Waals surface area (Å²) in [6.07, 6.45) is 7.80. The maximum atomic E-state index is 13.4. The number of benzene rings is 2.